The Morgan fingerprint density at radius 3 is 2.67 bits per heavy atom. The molecule has 0 saturated carbocycles. The highest BCUT2D eigenvalue weighted by Crippen LogP contribution is 2.29. The van der Waals surface area contributed by atoms with E-state index < -0.39 is 4.92 Å². The quantitative estimate of drug-likeness (QED) is 0.374. The number of nitrogens with zero attached hydrogens (tertiary/aromatic N) is 3. The van der Waals surface area contributed by atoms with E-state index in [9.17, 15) is 14.9 Å². The van der Waals surface area contributed by atoms with Crippen molar-refractivity contribution in [1.82, 2.24) is 9.97 Å². The highest BCUT2D eigenvalue weighted by Gasteiger charge is 2.15. The molecule has 0 radical (unpaired) electrons. The number of amides is 1. The summed E-state index contributed by atoms with van der Waals surface area (Å²) in [6.07, 6.45) is 0. The third-order valence-corrected chi connectivity index (χ3v) is 5.26. The monoisotopic (exact) mass is 397 g/mol. The molecule has 10 heteroatoms. The maximum absolute atomic E-state index is 12.4. The van der Waals surface area contributed by atoms with Crippen LogP contribution in [0.3, 0.4) is 0 Å². The maximum atomic E-state index is 12.4. The highest BCUT2D eigenvalue weighted by atomic mass is 32.1. The van der Waals surface area contributed by atoms with Crippen molar-refractivity contribution in [3.63, 3.8) is 0 Å². The van der Waals surface area contributed by atoms with Crippen LogP contribution < -0.4 is 10.6 Å². The topological polar surface area (TPSA) is 110 Å². The summed E-state index contributed by atoms with van der Waals surface area (Å²) in [5.74, 6) is -0.388. The minimum Gasteiger partial charge on any atom is -0.332 e. The van der Waals surface area contributed by atoms with Crippen molar-refractivity contribution >= 4 is 60.4 Å². The van der Waals surface area contributed by atoms with E-state index in [1.54, 1.807) is 11.4 Å². The Kier molecular flexibility index (Phi) is 4.48. The van der Waals surface area contributed by atoms with Crippen molar-refractivity contribution in [2.45, 2.75) is 0 Å². The number of fused-ring (bicyclic) bond motifs is 1. The first-order chi connectivity index (χ1) is 13.1. The van der Waals surface area contributed by atoms with Gasteiger partial charge in [0, 0.05) is 23.2 Å². The van der Waals surface area contributed by atoms with Crippen molar-refractivity contribution in [1.29, 1.82) is 0 Å². The molecule has 0 fully saturated rings. The fraction of sp³-hybridized carbons (Fsp3) is 0. The van der Waals surface area contributed by atoms with Crippen LogP contribution in [0, 0.1) is 10.1 Å². The number of thiazole rings is 2. The fourth-order valence-electron chi connectivity index (χ4n) is 2.32. The molecule has 0 bridgehead atoms. The van der Waals surface area contributed by atoms with Crippen LogP contribution in [0.4, 0.5) is 21.6 Å². The Morgan fingerprint density at radius 2 is 1.89 bits per heavy atom. The molecule has 4 aromatic rings. The molecule has 2 aromatic carbocycles. The van der Waals surface area contributed by atoms with E-state index in [4.69, 9.17) is 0 Å². The zero-order valence-corrected chi connectivity index (χ0v) is 15.2. The molecule has 0 aliphatic carbocycles. The van der Waals surface area contributed by atoms with E-state index in [0.29, 0.717) is 20.5 Å². The van der Waals surface area contributed by atoms with Crippen LogP contribution in [-0.4, -0.2) is 20.8 Å². The molecule has 0 unspecified atom stereocenters. The van der Waals surface area contributed by atoms with Crippen LogP contribution in [0.15, 0.2) is 53.9 Å². The van der Waals surface area contributed by atoms with Gasteiger partial charge in [-0.1, -0.05) is 29.5 Å². The molecular formula is C17H11N5O3S2. The van der Waals surface area contributed by atoms with Crippen LogP contribution in [0.2, 0.25) is 0 Å². The average Bonchev–Trinajstić information content (AvgIpc) is 3.28. The van der Waals surface area contributed by atoms with Gasteiger partial charge in [0.25, 0.3) is 11.6 Å². The number of rotatable bonds is 5. The van der Waals surface area contributed by atoms with Crippen molar-refractivity contribution in [3.05, 3.63) is 69.7 Å². The van der Waals surface area contributed by atoms with Crippen LogP contribution >= 0.6 is 22.7 Å². The number of non-ortho nitro benzene ring substituents is 1. The number of aromatic nitrogens is 2. The lowest BCUT2D eigenvalue weighted by Crippen LogP contribution is -2.12. The molecular weight excluding hydrogens is 386 g/mol. The van der Waals surface area contributed by atoms with Gasteiger partial charge in [-0.05, 0) is 18.2 Å². The van der Waals surface area contributed by atoms with Crippen molar-refractivity contribution in [3.8, 4) is 0 Å². The lowest BCUT2D eigenvalue weighted by molar-refractivity contribution is -0.384. The number of nitrogens with one attached hydrogen (secondary N) is 2. The van der Waals surface area contributed by atoms with Gasteiger partial charge in [0.15, 0.2) is 10.3 Å². The SMILES string of the molecule is O=C(Nc1nc2ccc([N+](=O)[O-])cc2s1)c1csc(Nc2ccccc2)n1. The van der Waals surface area contributed by atoms with Gasteiger partial charge >= 0.3 is 0 Å². The third kappa shape index (κ3) is 3.76. The molecule has 1 amide bonds. The largest absolute Gasteiger partial charge is 0.332 e. The van der Waals surface area contributed by atoms with Crippen LogP contribution in [-0.2, 0) is 0 Å². The van der Waals surface area contributed by atoms with E-state index in [1.165, 1.54) is 34.8 Å². The number of para-hydroxylation sites is 1. The van der Waals surface area contributed by atoms with E-state index in [2.05, 4.69) is 20.6 Å². The first kappa shape index (κ1) is 17.1. The minimum atomic E-state index is -0.464. The van der Waals surface area contributed by atoms with Gasteiger partial charge in [-0.3, -0.25) is 20.2 Å². The summed E-state index contributed by atoms with van der Waals surface area (Å²) in [7, 11) is 0. The number of nitro groups is 1. The summed E-state index contributed by atoms with van der Waals surface area (Å²) in [6, 6.07) is 13.9. The predicted molar refractivity (Wildman–Crippen MR) is 106 cm³/mol. The predicted octanol–water partition coefficient (Wildman–Crippen LogP) is 4.66. The number of nitro benzene ring substituents is 1. The molecule has 2 heterocycles. The lowest BCUT2D eigenvalue weighted by atomic mass is 10.3. The molecule has 0 aliphatic heterocycles. The molecule has 2 N–H and O–H groups in total. The van der Waals surface area contributed by atoms with E-state index in [0.717, 1.165) is 5.69 Å². The van der Waals surface area contributed by atoms with Gasteiger partial charge in [-0.15, -0.1) is 11.3 Å². The molecule has 8 nitrogen and oxygen atoms in total. The Morgan fingerprint density at radius 1 is 1.07 bits per heavy atom. The summed E-state index contributed by atoms with van der Waals surface area (Å²) in [5, 5.41) is 19.3. The summed E-state index contributed by atoms with van der Waals surface area (Å²) in [6.45, 7) is 0. The number of anilines is 3. The zero-order valence-electron chi connectivity index (χ0n) is 13.6. The molecule has 2 aromatic heterocycles. The van der Waals surface area contributed by atoms with Crippen LogP contribution in [0.5, 0.6) is 0 Å². The number of benzene rings is 2. The second kappa shape index (κ2) is 7.09. The Labute approximate surface area is 160 Å². The third-order valence-electron chi connectivity index (χ3n) is 3.57. The first-order valence-electron chi connectivity index (χ1n) is 7.72. The van der Waals surface area contributed by atoms with Crippen LogP contribution in [0.1, 0.15) is 10.5 Å². The molecule has 0 aliphatic rings. The standard InChI is InChI=1S/C17H11N5O3S2/c23-15(13-9-26-16(20-13)18-10-4-2-1-3-5-10)21-17-19-12-7-6-11(22(24)25)8-14(12)27-17/h1-9H,(H,18,20)(H,19,21,23). The average molecular weight is 397 g/mol. The molecule has 4 rings (SSSR count). The van der Waals surface area contributed by atoms with Gasteiger partial charge in [0.2, 0.25) is 0 Å². The highest BCUT2D eigenvalue weighted by molar-refractivity contribution is 7.22. The molecule has 134 valence electrons. The molecule has 0 saturated heterocycles. The van der Waals surface area contributed by atoms with Crippen molar-refractivity contribution in [2.24, 2.45) is 0 Å². The summed E-state index contributed by atoms with van der Waals surface area (Å²) >= 11 is 2.49. The maximum Gasteiger partial charge on any atom is 0.276 e. The van der Waals surface area contributed by atoms with Gasteiger partial charge in [0.1, 0.15) is 5.69 Å². The van der Waals surface area contributed by atoms with E-state index in [-0.39, 0.29) is 17.3 Å². The smallest absolute Gasteiger partial charge is 0.276 e. The Balaban J connectivity index is 1.49. The van der Waals surface area contributed by atoms with E-state index in [1.807, 2.05) is 30.3 Å². The van der Waals surface area contributed by atoms with Crippen molar-refractivity contribution < 1.29 is 9.72 Å². The summed E-state index contributed by atoms with van der Waals surface area (Å²) in [5.41, 5.74) is 1.72. The lowest BCUT2D eigenvalue weighted by Gasteiger charge is -2.01. The zero-order chi connectivity index (χ0) is 18.8. The summed E-state index contributed by atoms with van der Waals surface area (Å²) in [4.78, 5) is 31.3. The molecule has 27 heavy (non-hydrogen) atoms. The summed E-state index contributed by atoms with van der Waals surface area (Å²) < 4.78 is 0.629. The fourth-order valence-corrected chi connectivity index (χ4v) is 3.93. The Hall–Kier alpha value is -3.37. The molecule has 0 spiro atoms. The van der Waals surface area contributed by atoms with Gasteiger partial charge < -0.3 is 5.32 Å². The molecule has 0 atom stereocenters. The van der Waals surface area contributed by atoms with Crippen LogP contribution in [0.25, 0.3) is 10.2 Å². The second-order valence-electron chi connectivity index (χ2n) is 5.41. The Bertz CT molecular complexity index is 1140. The second-order valence-corrected chi connectivity index (χ2v) is 7.30. The van der Waals surface area contributed by atoms with Gasteiger partial charge in [0.05, 0.1) is 15.1 Å². The number of hydrogen-bond acceptors (Lipinski definition) is 8. The van der Waals surface area contributed by atoms with E-state index >= 15 is 0 Å². The first-order valence-corrected chi connectivity index (χ1v) is 9.42. The van der Waals surface area contributed by atoms with Crippen molar-refractivity contribution in [2.75, 3.05) is 10.6 Å². The minimum absolute atomic E-state index is 0.0137. The number of hydrogen-bond donors (Lipinski definition) is 2. The van der Waals surface area contributed by atoms with Gasteiger partial charge in [-0.2, -0.15) is 0 Å². The number of carbonyl (C=O) groups excluding carboxylic acids is 1. The number of carbonyl (C=O) groups is 1. The normalized spacial score (nSPS) is 10.7. The van der Waals surface area contributed by atoms with Gasteiger partial charge in [-0.25, -0.2) is 9.97 Å².